The van der Waals surface area contributed by atoms with E-state index in [1.807, 2.05) is 37.3 Å². The number of hydrogen-bond donors (Lipinski definition) is 2. The monoisotopic (exact) mass is 379 g/mol. The number of rotatable bonds is 3. The van der Waals surface area contributed by atoms with Gasteiger partial charge in [-0.1, -0.05) is 30.3 Å². The molecule has 1 aliphatic rings. The highest BCUT2D eigenvalue weighted by Gasteiger charge is 2.24. The van der Waals surface area contributed by atoms with E-state index in [0.29, 0.717) is 11.3 Å². The SMILES string of the molecule is Cc1nc2c(-c3ccccc3)c(C)[nH]n2c(=O)c1C(=O)NC1CCN(C)CC1. The van der Waals surface area contributed by atoms with E-state index >= 15 is 0 Å². The van der Waals surface area contributed by atoms with E-state index in [0.717, 1.165) is 42.8 Å². The van der Waals surface area contributed by atoms with E-state index in [1.165, 1.54) is 4.52 Å². The highest BCUT2D eigenvalue weighted by Crippen LogP contribution is 2.26. The van der Waals surface area contributed by atoms with Crippen molar-refractivity contribution in [2.75, 3.05) is 20.1 Å². The number of H-pyrrole nitrogens is 1. The Morgan fingerprint density at radius 3 is 2.54 bits per heavy atom. The Morgan fingerprint density at radius 2 is 1.86 bits per heavy atom. The van der Waals surface area contributed by atoms with Crippen molar-refractivity contribution >= 4 is 11.6 Å². The summed E-state index contributed by atoms with van der Waals surface area (Å²) in [6.07, 6.45) is 1.77. The van der Waals surface area contributed by atoms with Crippen molar-refractivity contribution in [3.8, 4) is 11.1 Å². The molecule has 0 aliphatic carbocycles. The maximum atomic E-state index is 13.1. The first-order valence-electron chi connectivity index (χ1n) is 9.62. The van der Waals surface area contributed by atoms with Crippen LogP contribution in [0.3, 0.4) is 0 Å². The van der Waals surface area contributed by atoms with Crippen LogP contribution in [0.5, 0.6) is 0 Å². The van der Waals surface area contributed by atoms with Crippen LogP contribution in [0.4, 0.5) is 0 Å². The quantitative estimate of drug-likeness (QED) is 0.730. The van der Waals surface area contributed by atoms with Crippen molar-refractivity contribution in [2.45, 2.75) is 32.7 Å². The minimum Gasteiger partial charge on any atom is -0.349 e. The number of aromatic nitrogens is 3. The molecule has 1 amide bonds. The fourth-order valence-electron chi connectivity index (χ4n) is 3.91. The van der Waals surface area contributed by atoms with Crippen LogP contribution < -0.4 is 10.9 Å². The Kier molecular flexibility index (Phi) is 4.77. The highest BCUT2D eigenvalue weighted by molar-refractivity contribution is 5.95. The maximum absolute atomic E-state index is 13.1. The molecule has 1 saturated heterocycles. The van der Waals surface area contributed by atoms with Crippen LogP contribution in [0, 0.1) is 13.8 Å². The van der Waals surface area contributed by atoms with Crippen LogP contribution in [0.15, 0.2) is 35.1 Å². The molecule has 0 saturated carbocycles. The molecule has 0 atom stereocenters. The lowest BCUT2D eigenvalue weighted by molar-refractivity contribution is 0.0914. The molecular weight excluding hydrogens is 354 g/mol. The molecule has 1 aromatic carbocycles. The molecular formula is C21H25N5O2. The molecule has 3 heterocycles. The molecule has 0 radical (unpaired) electrons. The van der Waals surface area contributed by atoms with Gasteiger partial charge in [0.05, 0.1) is 5.69 Å². The third-order valence-corrected chi connectivity index (χ3v) is 5.49. The summed E-state index contributed by atoms with van der Waals surface area (Å²) < 4.78 is 1.38. The number of likely N-dealkylation sites (tertiary alicyclic amines) is 1. The van der Waals surface area contributed by atoms with E-state index in [4.69, 9.17) is 0 Å². The van der Waals surface area contributed by atoms with Gasteiger partial charge in [0.1, 0.15) is 5.56 Å². The minimum absolute atomic E-state index is 0.0912. The molecule has 2 N–H and O–H groups in total. The predicted molar refractivity (Wildman–Crippen MR) is 109 cm³/mol. The number of carbonyl (C=O) groups is 1. The summed E-state index contributed by atoms with van der Waals surface area (Å²) in [5.41, 5.74) is 3.43. The lowest BCUT2D eigenvalue weighted by Crippen LogP contribution is -2.45. The molecule has 3 aromatic rings. The van der Waals surface area contributed by atoms with Gasteiger partial charge in [-0.25, -0.2) is 9.50 Å². The Labute approximate surface area is 163 Å². The van der Waals surface area contributed by atoms with Gasteiger partial charge in [-0.15, -0.1) is 0 Å². The molecule has 7 nitrogen and oxygen atoms in total. The number of nitrogens with one attached hydrogen (secondary N) is 2. The number of amides is 1. The highest BCUT2D eigenvalue weighted by atomic mass is 16.2. The van der Waals surface area contributed by atoms with Crippen molar-refractivity contribution < 1.29 is 4.79 Å². The number of fused-ring (bicyclic) bond motifs is 1. The standard InChI is InChI=1S/C21H25N5O2/c1-13-18(20(27)23-16-9-11-25(3)12-10-16)21(28)26-19(22-13)17(14(2)24-26)15-7-5-4-6-8-15/h4-8,16,24H,9-12H2,1-3H3,(H,23,27). The third kappa shape index (κ3) is 3.22. The molecule has 1 aliphatic heterocycles. The van der Waals surface area contributed by atoms with Crippen LogP contribution >= 0.6 is 0 Å². The zero-order valence-corrected chi connectivity index (χ0v) is 16.5. The Bertz CT molecular complexity index is 1080. The molecule has 146 valence electrons. The molecule has 7 heteroatoms. The van der Waals surface area contributed by atoms with Crippen LogP contribution in [0.1, 0.15) is 34.6 Å². The normalized spacial score (nSPS) is 15.8. The van der Waals surface area contributed by atoms with E-state index in [9.17, 15) is 9.59 Å². The van der Waals surface area contributed by atoms with Gasteiger partial charge in [0.25, 0.3) is 11.5 Å². The summed E-state index contributed by atoms with van der Waals surface area (Å²) >= 11 is 0. The molecule has 28 heavy (non-hydrogen) atoms. The zero-order valence-electron chi connectivity index (χ0n) is 16.5. The van der Waals surface area contributed by atoms with Gasteiger partial charge in [0, 0.05) is 17.3 Å². The van der Waals surface area contributed by atoms with Gasteiger partial charge in [-0.2, -0.15) is 0 Å². The first kappa shape index (κ1) is 18.4. The van der Waals surface area contributed by atoms with E-state index < -0.39 is 0 Å². The predicted octanol–water partition coefficient (Wildman–Crippen LogP) is 2.13. The number of aromatic amines is 1. The molecule has 1 fully saturated rings. The van der Waals surface area contributed by atoms with Crippen molar-refractivity contribution in [1.29, 1.82) is 0 Å². The van der Waals surface area contributed by atoms with Gasteiger partial charge in [-0.05, 0) is 52.4 Å². The Morgan fingerprint density at radius 1 is 1.18 bits per heavy atom. The lowest BCUT2D eigenvalue weighted by Gasteiger charge is -2.29. The van der Waals surface area contributed by atoms with Crippen LogP contribution in [0.25, 0.3) is 16.8 Å². The number of hydrogen-bond acceptors (Lipinski definition) is 4. The van der Waals surface area contributed by atoms with Crippen molar-refractivity contribution in [3.05, 3.63) is 57.6 Å². The second-order valence-corrected chi connectivity index (χ2v) is 7.57. The number of piperidine rings is 1. The fraction of sp³-hybridized carbons (Fsp3) is 0.381. The number of nitrogens with zero attached hydrogens (tertiary/aromatic N) is 3. The van der Waals surface area contributed by atoms with Gasteiger partial charge in [0.15, 0.2) is 5.65 Å². The summed E-state index contributed by atoms with van der Waals surface area (Å²) in [5.74, 6) is -0.340. The summed E-state index contributed by atoms with van der Waals surface area (Å²) in [4.78, 5) is 32.8. The van der Waals surface area contributed by atoms with Gasteiger partial charge < -0.3 is 10.2 Å². The second kappa shape index (κ2) is 7.24. The zero-order chi connectivity index (χ0) is 19.8. The summed E-state index contributed by atoms with van der Waals surface area (Å²) in [6.45, 7) is 5.51. The van der Waals surface area contributed by atoms with Gasteiger partial charge in [-0.3, -0.25) is 14.7 Å². The van der Waals surface area contributed by atoms with Crippen molar-refractivity contribution in [2.24, 2.45) is 0 Å². The molecule has 0 bridgehead atoms. The Balaban J connectivity index is 1.73. The largest absolute Gasteiger partial charge is 0.349 e. The third-order valence-electron chi connectivity index (χ3n) is 5.49. The maximum Gasteiger partial charge on any atom is 0.285 e. The van der Waals surface area contributed by atoms with E-state index in [2.05, 4.69) is 27.3 Å². The summed E-state index contributed by atoms with van der Waals surface area (Å²) in [7, 11) is 2.07. The van der Waals surface area contributed by atoms with E-state index in [-0.39, 0.29) is 23.1 Å². The molecule has 0 unspecified atom stereocenters. The number of benzene rings is 1. The average molecular weight is 379 g/mol. The average Bonchev–Trinajstić information content (AvgIpc) is 3.00. The minimum atomic E-state index is -0.363. The van der Waals surface area contributed by atoms with Gasteiger partial charge >= 0.3 is 0 Å². The van der Waals surface area contributed by atoms with Crippen molar-refractivity contribution in [1.82, 2.24) is 24.8 Å². The summed E-state index contributed by atoms with van der Waals surface area (Å²) in [6, 6.07) is 9.91. The van der Waals surface area contributed by atoms with E-state index in [1.54, 1.807) is 6.92 Å². The van der Waals surface area contributed by atoms with Gasteiger partial charge in [0.2, 0.25) is 0 Å². The summed E-state index contributed by atoms with van der Waals surface area (Å²) in [5, 5.41) is 6.10. The van der Waals surface area contributed by atoms with Crippen LogP contribution in [0.2, 0.25) is 0 Å². The number of aryl methyl sites for hydroxylation is 2. The molecule has 2 aromatic heterocycles. The fourth-order valence-corrected chi connectivity index (χ4v) is 3.91. The second-order valence-electron chi connectivity index (χ2n) is 7.57. The molecule has 0 spiro atoms. The topological polar surface area (TPSA) is 82.5 Å². The Hall–Kier alpha value is -2.93. The molecule has 4 rings (SSSR count). The van der Waals surface area contributed by atoms with Crippen molar-refractivity contribution in [3.63, 3.8) is 0 Å². The number of carbonyl (C=O) groups excluding carboxylic acids is 1. The lowest BCUT2D eigenvalue weighted by atomic mass is 10.0. The first-order chi connectivity index (χ1) is 13.5. The van der Waals surface area contributed by atoms with Crippen LogP contribution in [-0.2, 0) is 0 Å². The smallest absolute Gasteiger partial charge is 0.285 e. The first-order valence-corrected chi connectivity index (χ1v) is 9.62. The van der Waals surface area contributed by atoms with Crippen LogP contribution in [-0.4, -0.2) is 51.6 Å².